The molecule has 0 unspecified atom stereocenters. The molecular weight excluding hydrogens is 368 g/mol. The summed E-state index contributed by atoms with van der Waals surface area (Å²) in [5.41, 5.74) is 1.89. The van der Waals surface area contributed by atoms with Crippen LogP contribution >= 0.6 is 11.8 Å². The standard InChI is InChI=1S/C17H20N6O3S/c1-3-17(12-8-6-5-7-9-12)14(25)23(15(26)19-17)21-13(24)10-27-16-20-18-11-22(16)4-2/h5-9,11H,3-4,10H2,1-2H3,(H,19,26)(H,21,24)/t17-/m1/s1. The van der Waals surface area contributed by atoms with Gasteiger partial charge in [0.2, 0.25) is 5.91 Å². The minimum atomic E-state index is -1.18. The number of nitrogens with zero attached hydrogens (tertiary/aromatic N) is 4. The van der Waals surface area contributed by atoms with Gasteiger partial charge in [0.15, 0.2) is 5.16 Å². The molecule has 10 heteroatoms. The van der Waals surface area contributed by atoms with Crippen LogP contribution in [0.25, 0.3) is 0 Å². The lowest BCUT2D eigenvalue weighted by molar-refractivity contribution is -0.138. The highest BCUT2D eigenvalue weighted by molar-refractivity contribution is 7.99. The Balaban J connectivity index is 1.69. The van der Waals surface area contributed by atoms with Gasteiger partial charge in [0, 0.05) is 6.54 Å². The van der Waals surface area contributed by atoms with Gasteiger partial charge in [-0.3, -0.25) is 15.0 Å². The topological polar surface area (TPSA) is 109 Å². The smallest absolute Gasteiger partial charge is 0.318 e. The third-order valence-electron chi connectivity index (χ3n) is 4.38. The number of aromatic nitrogens is 3. The van der Waals surface area contributed by atoms with Crippen LogP contribution in [0, 0.1) is 0 Å². The summed E-state index contributed by atoms with van der Waals surface area (Å²) in [7, 11) is 0. The predicted octanol–water partition coefficient (Wildman–Crippen LogP) is 1.28. The van der Waals surface area contributed by atoms with Crippen molar-refractivity contribution in [3.8, 4) is 0 Å². The van der Waals surface area contributed by atoms with Crippen molar-refractivity contribution in [2.75, 3.05) is 5.75 Å². The highest BCUT2D eigenvalue weighted by Gasteiger charge is 2.52. The summed E-state index contributed by atoms with van der Waals surface area (Å²) in [6.07, 6.45) is 1.94. The summed E-state index contributed by atoms with van der Waals surface area (Å²) in [6, 6.07) is 8.34. The van der Waals surface area contributed by atoms with E-state index in [0.717, 1.165) is 5.01 Å². The number of benzene rings is 1. The monoisotopic (exact) mass is 388 g/mol. The van der Waals surface area contributed by atoms with Crippen LogP contribution in [-0.2, 0) is 21.7 Å². The molecule has 2 heterocycles. The molecule has 9 nitrogen and oxygen atoms in total. The fourth-order valence-corrected chi connectivity index (χ4v) is 3.67. The average molecular weight is 388 g/mol. The van der Waals surface area contributed by atoms with E-state index in [0.29, 0.717) is 23.7 Å². The van der Waals surface area contributed by atoms with Crippen LogP contribution in [0.1, 0.15) is 25.8 Å². The van der Waals surface area contributed by atoms with Crippen molar-refractivity contribution in [1.82, 2.24) is 30.5 Å². The molecule has 142 valence electrons. The van der Waals surface area contributed by atoms with E-state index in [1.54, 1.807) is 35.2 Å². The Morgan fingerprint density at radius 3 is 2.67 bits per heavy atom. The molecule has 4 amide bonds. The summed E-state index contributed by atoms with van der Waals surface area (Å²) in [5, 5.41) is 11.8. The van der Waals surface area contributed by atoms with Crippen molar-refractivity contribution in [3.05, 3.63) is 42.2 Å². The Morgan fingerprint density at radius 2 is 2.00 bits per heavy atom. The van der Waals surface area contributed by atoms with Crippen molar-refractivity contribution in [2.24, 2.45) is 0 Å². The molecule has 0 spiro atoms. The minimum Gasteiger partial charge on any atom is -0.318 e. The number of amides is 4. The molecule has 2 aromatic rings. The second-order valence-corrected chi connectivity index (χ2v) is 6.86. The van der Waals surface area contributed by atoms with Gasteiger partial charge in [-0.1, -0.05) is 49.0 Å². The minimum absolute atomic E-state index is 0.000214. The van der Waals surface area contributed by atoms with Crippen LogP contribution < -0.4 is 10.7 Å². The number of carbonyl (C=O) groups is 3. The zero-order valence-electron chi connectivity index (χ0n) is 15.0. The van der Waals surface area contributed by atoms with Crippen LogP contribution in [0.5, 0.6) is 0 Å². The molecule has 1 atom stereocenters. The quantitative estimate of drug-likeness (QED) is 0.546. The lowest BCUT2D eigenvalue weighted by Gasteiger charge is -2.25. The van der Waals surface area contributed by atoms with E-state index in [-0.39, 0.29) is 5.75 Å². The van der Waals surface area contributed by atoms with Gasteiger partial charge in [-0.25, -0.2) is 4.79 Å². The number of carbonyl (C=O) groups excluding carboxylic acids is 3. The van der Waals surface area contributed by atoms with E-state index < -0.39 is 23.4 Å². The van der Waals surface area contributed by atoms with Gasteiger partial charge in [-0.15, -0.1) is 10.2 Å². The van der Waals surface area contributed by atoms with Crippen LogP contribution in [0.4, 0.5) is 4.79 Å². The molecule has 1 aromatic heterocycles. The summed E-state index contributed by atoms with van der Waals surface area (Å²) in [4.78, 5) is 37.5. The zero-order chi connectivity index (χ0) is 19.4. The number of urea groups is 1. The zero-order valence-corrected chi connectivity index (χ0v) is 15.8. The van der Waals surface area contributed by atoms with Crippen LogP contribution in [-0.4, -0.2) is 43.4 Å². The van der Waals surface area contributed by atoms with Gasteiger partial charge in [0.25, 0.3) is 5.91 Å². The largest absolute Gasteiger partial charge is 0.344 e. The molecule has 2 N–H and O–H groups in total. The first-order valence-electron chi connectivity index (χ1n) is 8.54. The van der Waals surface area contributed by atoms with Gasteiger partial charge < -0.3 is 9.88 Å². The first-order chi connectivity index (χ1) is 13.0. The third kappa shape index (κ3) is 3.52. The molecule has 1 fully saturated rings. The average Bonchev–Trinajstić information content (AvgIpc) is 3.25. The molecule has 0 saturated carbocycles. The van der Waals surface area contributed by atoms with Gasteiger partial charge in [-0.05, 0) is 18.9 Å². The fraction of sp³-hybridized carbons (Fsp3) is 0.353. The normalized spacial score (nSPS) is 19.3. The van der Waals surface area contributed by atoms with Crippen molar-refractivity contribution in [1.29, 1.82) is 0 Å². The summed E-state index contributed by atoms with van der Waals surface area (Å²) < 4.78 is 1.79. The molecule has 3 rings (SSSR count). The van der Waals surface area contributed by atoms with Crippen molar-refractivity contribution >= 4 is 29.6 Å². The number of imide groups is 1. The van der Waals surface area contributed by atoms with Crippen LogP contribution in [0.15, 0.2) is 41.8 Å². The second-order valence-electron chi connectivity index (χ2n) is 5.92. The third-order valence-corrected chi connectivity index (χ3v) is 5.36. The highest BCUT2D eigenvalue weighted by Crippen LogP contribution is 2.31. The maximum atomic E-state index is 12.9. The number of hydrazine groups is 1. The number of thioether (sulfide) groups is 1. The molecule has 1 aliphatic rings. The summed E-state index contributed by atoms with van der Waals surface area (Å²) in [6.45, 7) is 4.43. The molecule has 1 aliphatic heterocycles. The van der Waals surface area contributed by atoms with E-state index in [2.05, 4.69) is 20.9 Å². The molecule has 27 heavy (non-hydrogen) atoms. The second kappa shape index (κ2) is 7.78. The molecule has 1 aromatic carbocycles. The van der Waals surface area contributed by atoms with E-state index in [4.69, 9.17) is 0 Å². The Hall–Kier alpha value is -2.88. The van der Waals surface area contributed by atoms with Crippen molar-refractivity contribution in [3.63, 3.8) is 0 Å². The number of aryl methyl sites for hydroxylation is 1. The number of nitrogens with one attached hydrogen (secondary N) is 2. The highest BCUT2D eigenvalue weighted by atomic mass is 32.2. The SMILES string of the molecule is CCn1cnnc1SCC(=O)NN1C(=O)N[C@](CC)(c2ccccc2)C1=O. The Kier molecular flexibility index (Phi) is 5.45. The van der Waals surface area contributed by atoms with Crippen molar-refractivity contribution in [2.45, 2.75) is 37.5 Å². The van der Waals surface area contributed by atoms with Crippen LogP contribution in [0.3, 0.4) is 0 Å². The Labute approximate surface area is 160 Å². The first-order valence-corrected chi connectivity index (χ1v) is 9.52. The molecule has 0 radical (unpaired) electrons. The summed E-state index contributed by atoms with van der Waals surface area (Å²) in [5.74, 6) is -0.981. The number of hydrogen-bond donors (Lipinski definition) is 2. The lowest BCUT2D eigenvalue weighted by atomic mass is 9.87. The van der Waals surface area contributed by atoms with Crippen molar-refractivity contribution < 1.29 is 14.4 Å². The van der Waals surface area contributed by atoms with Gasteiger partial charge in [0.05, 0.1) is 5.75 Å². The molecule has 0 aliphatic carbocycles. The molecular formula is C17H20N6O3S. The summed E-state index contributed by atoms with van der Waals surface area (Å²) >= 11 is 1.18. The maximum absolute atomic E-state index is 12.9. The van der Waals surface area contributed by atoms with Gasteiger partial charge in [0.1, 0.15) is 11.9 Å². The maximum Gasteiger partial charge on any atom is 0.344 e. The number of rotatable bonds is 7. The molecule has 1 saturated heterocycles. The van der Waals surface area contributed by atoms with Gasteiger partial charge in [-0.2, -0.15) is 5.01 Å². The number of hydrogen-bond acceptors (Lipinski definition) is 6. The van der Waals surface area contributed by atoms with Gasteiger partial charge >= 0.3 is 6.03 Å². The Morgan fingerprint density at radius 1 is 1.26 bits per heavy atom. The first kappa shape index (κ1) is 18.9. The lowest BCUT2D eigenvalue weighted by Crippen LogP contribution is -2.49. The van der Waals surface area contributed by atoms with E-state index in [9.17, 15) is 14.4 Å². The van der Waals surface area contributed by atoms with Crippen LogP contribution in [0.2, 0.25) is 0 Å². The van der Waals surface area contributed by atoms with E-state index in [1.165, 1.54) is 11.8 Å². The Bertz CT molecular complexity index is 855. The predicted molar refractivity (Wildman–Crippen MR) is 98.4 cm³/mol. The van der Waals surface area contributed by atoms with E-state index >= 15 is 0 Å². The van der Waals surface area contributed by atoms with E-state index in [1.807, 2.05) is 19.9 Å². The molecule has 0 bridgehead atoms. The fourth-order valence-electron chi connectivity index (χ4n) is 2.90.